The van der Waals surface area contributed by atoms with Crippen LogP contribution in [0, 0.1) is 0 Å². The van der Waals surface area contributed by atoms with Gasteiger partial charge in [-0.2, -0.15) is 0 Å². The van der Waals surface area contributed by atoms with Gasteiger partial charge in [0.15, 0.2) is 0 Å². The van der Waals surface area contributed by atoms with Crippen molar-refractivity contribution in [1.82, 2.24) is 4.90 Å². The number of carbonyl (C=O) groups excluding carboxylic acids is 1. The number of hydrogen-bond donors (Lipinski definition) is 1. The van der Waals surface area contributed by atoms with E-state index in [4.69, 9.17) is 9.84 Å². The maximum atomic E-state index is 11.0. The summed E-state index contributed by atoms with van der Waals surface area (Å²) in [6.07, 6.45) is 0.886. The number of para-hydroxylation sites is 1. The summed E-state index contributed by atoms with van der Waals surface area (Å²) >= 11 is 0. The lowest BCUT2D eigenvalue weighted by Crippen LogP contribution is -2.39. The molecule has 1 unspecified atom stereocenters. The van der Waals surface area contributed by atoms with Gasteiger partial charge in [-0.25, -0.2) is 0 Å². The Kier molecular flexibility index (Phi) is 2.99. The van der Waals surface area contributed by atoms with Crippen molar-refractivity contribution in [1.29, 1.82) is 0 Å². The Morgan fingerprint density at radius 3 is 3.07 bits per heavy atom. The quantitative estimate of drug-likeness (QED) is 0.736. The molecule has 0 radical (unpaired) electrons. The van der Waals surface area contributed by atoms with Crippen LogP contribution in [-0.2, 0) is 4.79 Å². The Labute approximate surface area is 88.1 Å². The minimum Gasteiger partial charge on any atom is -0.478 e. The van der Waals surface area contributed by atoms with Gasteiger partial charge in [-0.05, 0) is 6.07 Å². The van der Waals surface area contributed by atoms with Crippen LogP contribution < -0.4 is 4.74 Å². The van der Waals surface area contributed by atoms with Gasteiger partial charge in [0, 0.05) is 12.1 Å². The van der Waals surface area contributed by atoms with E-state index < -0.39 is 0 Å². The van der Waals surface area contributed by atoms with Crippen molar-refractivity contribution in [3.8, 4) is 5.75 Å². The molecule has 80 valence electrons. The van der Waals surface area contributed by atoms with Crippen LogP contribution >= 0.6 is 0 Å². The fourth-order valence-corrected chi connectivity index (χ4v) is 1.78. The van der Waals surface area contributed by atoms with Gasteiger partial charge in [0.05, 0.1) is 12.6 Å². The molecule has 1 aliphatic heterocycles. The molecule has 1 aromatic rings. The molecular weight excluding hydrogens is 194 g/mol. The summed E-state index contributed by atoms with van der Waals surface area (Å²) < 4.78 is 5.48. The number of aliphatic hydroxyl groups is 1. The van der Waals surface area contributed by atoms with Gasteiger partial charge in [-0.1, -0.05) is 18.2 Å². The van der Waals surface area contributed by atoms with Gasteiger partial charge in [0.1, 0.15) is 18.8 Å². The Balaban J connectivity index is 2.30. The molecule has 0 amide bonds. The molecule has 4 nitrogen and oxygen atoms in total. The lowest BCUT2D eigenvalue weighted by molar-refractivity contribution is -0.115. The molecule has 15 heavy (non-hydrogen) atoms. The van der Waals surface area contributed by atoms with Crippen molar-refractivity contribution < 1.29 is 14.6 Å². The molecule has 0 spiro atoms. The van der Waals surface area contributed by atoms with E-state index in [1.54, 1.807) is 4.90 Å². The minimum absolute atomic E-state index is 0.0237. The molecule has 1 N–H and O–H groups in total. The highest BCUT2D eigenvalue weighted by Crippen LogP contribution is 2.31. The molecule has 1 atom stereocenters. The molecule has 0 aromatic heterocycles. The normalized spacial score (nSPS) is 20.5. The smallest absolute Gasteiger partial charge is 0.143 e. The van der Waals surface area contributed by atoms with Gasteiger partial charge < -0.3 is 14.6 Å². The van der Waals surface area contributed by atoms with Crippen LogP contribution in [-0.4, -0.2) is 36.2 Å². The highest BCUT2D eigenvalue weighted by Gasteiger charge is 2.27. The van der Waals surface area contributed by atoms with E-state index in [1.165, 1.54) is 0 Å². The average Bonchev–Trinajstić information content (AvgIpc) is 2.29. The highest BCUT2D eigenvalue weighted by molar-refractivity contribution is 5.64. The molecule has 1 aromatic carbocycles. The maximum absolute atomic E-state index is 11.0. The van der Waals surface area contributed by atoms with Crippen molar-refractivity contribution in [2.45, 2.75) is 6.04 Å². The number of ether oxygens (including phenoxy) is 1. The van der Waals surface area contributed by atoms with Crippen LogP contribution in [0.25, 0.3) is 0 Å². The number of aldehydes is 1. The largest absolute Gasteiger partial charge is 0.478 e. The van der Waals surface area contributed by atoms with Crippen molar-refractivity contribution in [3.63, 3.8) is 0 Å². The molecule has 1 heterocycles. The first-order chi connectivity index (χ1) is 7.36. The zero-order valence-corrected chi connectivity index (χ0v) is 8.30. The fourth-order valence-electron chi connectivity index (χ4n) is 1.78. The van der Waals surface area contributed by atoms with Crippen molar-refractivity contribution in [2.24, 2.45) is 0 Å². The van der Waals surface area contributed by atoms with E-state index in [2.05, 4.69) is 0 Å². The molecule has 2 rings (SSSR count). The van der Waals surface area contributed by atoms with Crippen LogP contribution in [0.1, 0.15) is 11.6 Å². The minimum atomic E-state index is -0.304. The Morgan fingerprint density at radius 2 is 2.33 bits per heavy atom. The van der Waals surface area contributed by atoms with Crippen molar-refractivity contribution in [2.75, 3.05) is 19.9 Å². The topological polar surface area (TPSA) is 49.8 Å². The molecule has 0 bridgehead atoms. The number of nitrogens with zero attached hydrogens (tertiary/aromatic N) is 1. The summed E-state index contributed by atoms with van der Waals surface area (Å²) in [6, 6.07) is 7.17. The molecular formula is C11H13NO3. The number of β-amino-alcohol motifs (C(OH)–C–C–N with tert-alkyl or cyclic N) is 1. The molecule has 0 saturated heterocycles. The second-order valence-corrected chi connectivity index (χ2v) is 3.43. The van der Waals surface area contributed by atoms with E-state index in [9.17, 15) is 4.79 Å². The lowest BCUT2D eigenvalue weighted by Gasteiger charge is -2.33. The molecule has 4 heteroatoms. The molecule has 0 saturated carbocycles. The standard InChI is InChI=1S/C11H13NO3/c13-6-5-12-8-15-11-4-2-1-3-9(11)10(12)7-14/h1-4,7,10,13H,5-6,8H2. The molecule has 1 aliphatic rings. The monoisotopic (exact) mass is 207 g/mol. The summed E-state index contributed by atoms with van der Waals surface area (Å²) in [5, 5.41) is 8.87. The van der Waals surface area contributed by atoms with Crippen molar-refractivity contribution in [3.05, 3.63) is 29.8 Å². The Bertz CT molecular complexity index is 353. The average molecular weight is 207 g/mol. The van der Waals surface area contributed by atoms with E-state index in [0.717, 1.165) is 17.6 Å². The zero-order valence-electron chi connectivity index (χ0n) is 8.30. The number of carbonyl (C=O) groups is 1. The van der Waals surface area contributed by atoms with Crippen LogP contribution in [0.4, 0.5) is 0 Å². The Hall–Kier alpha value is -1.39. The Morgan fingerprint density at radius 1 is 1.53 bits per heavy atom. The lowest BCUT2D eigenvalue weighted by atomic mass is 10.0. The van der Waals surface area contributed by atoms with Gasteiger partial charge >= 0.3 is 0 Å². The first-order valence-corrected chi connectivity index (χ1v) is 4.88. The van der Waals surface area contributed by atoms with Gasteiger partial charge in [-0.3, -0.25) is 4.90 Å². The highest BCUT2D eigenvalue weighted by atomic mass is 16.5. The third-order valence-corrected chi connectivity index (χ3v) is 2.53. The number of benzene rings is 1. The van der Waals surface area contributed by atoms with E-state index in [-0.39, 0.29) is 12.6 Å². The van der Waals surface area contributed by atoms with E-state index in [1.807, 2.05) is 24.3 Å². The zero-order chi connectivity index (χ0) is 10.7. The third-order valence-electron chi connectivity index (χ3n) is 2.53. The van der Waals surface area contributed by atoms with Crippen molar-refractivity contribution >= 4 is 6.29 Å². The maximum Gasteiger partial charge on any atom is 0.143 e. The number of rotatable bonds is 3. The second-order valence-electron chi connectivity index (χ2n) is 3.43. The summed E-state index contributed by atoms with van der Waals surface area (Å²) in [4.78, 5) is 12.8. The van der Waals surface area contributed by atoms with Gasteiger partial charge in [-0.15, -0.1) is 0 Å². The number of aliphatic hydroxyl groups excluding tert-OH is 1. The summed E-state index contributed by atoms with van der Waals surface area (Å²) in [5.74, 6) is 0.754. The number of fused-ring (bicyclic) bond motifs is 1. The van der Waals surface area contributed by atoms with Crippen LogP contribution in [0.15, 0.2) is 24.3 Å². The van der Waals surface area contributed by atoms with Crippen LogP contribution in [0.3, 0.4) is 0 Å². The van der Waals surface area contributed by atoms with E-state index >= 15 is 0 Å². The van der Waals surface area contributed by atoms with E-state index in [0.29, 0.717) is 13.3 Å². The van der Waals surface area contributed by atoms with Crippen LogP contribution in [0.5, 0.6) is 5.75 Å². The predicted molar refractivity (Wildman–Crippen MR) is 54.5 cm³/mol. The second kappa shape index (κ2) is 4.42. The fraction of sp³-hybridized carbons (Fsp3) is 0.364. The SMILES string of the molecule is O=CC1c2ccccc2OCN1CCO. The van der Waals surface area contributed by atoms with Gasteiger partial charge in [0.2, 0.25) is 0 Å². The first kappa shape index (κ1) is 10.1. The summed E-state index contributed by atoms with van der Waals surface area (Å²) in [6.45, 7) is 0.814. The predicted octanol–water partition coefficient (Wildman–Crippen LogP) is 0.571. The van der Waals surface area contributed by atoms with Crippen LogP contribution in [0.2, 0.25) is 0 Å². The first-order valence-electron chi connectivity index (χ1n) is 4.88. The molecule has 0 fully saturated rings. The number of hydrogen-bond acceptors (Lipinski definition) is 4. The van der Waals surface area contributed by atoms with Gasteiger partial charge in [0.25, 0.3) is 0 Å². The summed E-state index contributed by atoms with van der Waals surface area (Å²) in [5.41, 5.74) is 0.868. The summed E-state index contributed by atoms with van der Waals surface area (Å²) in [7, 11) is 0. The molecule has 0 aliphatic carbocycles. The third kappa shape index (κ3) is 1.86.